The minimum atomic E-state index is -4.79. The van der Waals surface area contributed by atoms with E-state index in [9.17, 15) is 18.0 Å². The lowest BCUT2D eigenvalue weighted by Gasteiger charge is -2.09. The van der Waals surface area contributed by atoms with Gasteiger partial charge in [-0.2, -0.15) is 0 Å². The number of alkyl halides is 3. The third kappa shape index (κ3) is 3.32. The highest BCUT2D eigenvalue weighted by molar-refractivity contribution is 7.13. The molecule has 0 unspecified atom stereocenters. The SMILES string of the molecule is Cc1csc(C(=O)c2cccc(OC(F)(F)F)c2)c1Cl. The summed E-state index contributed by atoms with van der Waals surface area (Å²) in [6, 6.07) is 4.91. The molecular formula is C13H8ClF3O2S. The number of benzene rings is 1. The normalized spacial score (nSPS) is 11.4. The Morgan fingerprint density at radius 2 is 2.05 bits per heavy atom. The van der Waals surface area contributed by atoms with Crippen LogP contribution in [0.2, 0.25) is 5.02 Å². The number of ether oxygens (including phenoxy) is 1. The van der Waals surface area contributed by atoms with Crippen molar-refractivity contribution in [2.24, 2.45) is 0 Å². The highest BCUT2D eigenvalue weighted by Gasteiger charge is 2.31. The Labute approximate surface area is 121 Å². The quantitative estimate of drug-likeness (QED) is 0.756. The van der Waals surface area contributed by atoms with Crippen LogP contribution in [-0.4, -0.2) is 12.1 Å². The molecule has 0 saturated heterocycles. The molecule has 0 radical (unpaired) electrons. The molecule has 20 heavy (non-hydrogen) atoms. The van der Waals surface area contributed by atoms with Crippen LogP contribution in [0.15, 0.2) is 29.6 Å². The second-order valence-electron chi connectivity index (χ2n) is 3.97. The van der Waals surface area contributed by atoms with E-state index in [0.717, 1.165) is 29.0 Å². The number of ketones is 1. The van der Waals surface area contributed by atoms with E-state index in [1.54, 1.807) is 12.3 Å². The van der Waals surface area contributed by atoms with Gasteiger partial charge in [0.2, 0.25) is 5.78 Å². The van der Waals surface area contributed by atoms with E-state index in [4.69, 9.17) is 11.6 Å². The molecule has 1 aromatic carbocycles. The molecule has 0 spiro atoms. The van der Waals surface area contributed by atoms with Crippen molar-refractivity contribution in [3.05, 3.63) is 50.7 Å². The number of halogens is 4. The molecule has 0 N–H and O–H groups in total. The van der Waals surface area contributed by atoms with Crippen LogP contribution in [0.4, 0.5) is 13.2 Å². The van der Waals surface area contributed by atoms with Crippen LogP contribution in [0, 0.1) is 6.92 Å². The Morgan fingerprint density at radius 3 is 2.60 bits per heavy atom. The van der Waals surface area contributed by atoms with E-state index < -0.39 is 17.9 Å². The van der Waals surface area contributed by atoms with E-state index in [0.29, 0.717) is 9.90 Å². The summed E-state index contributed by atoms with van der Waals surface area (Å²) < 4.78 is 40.2. The number of aryl methyl sites for hydroxylation is 1. The van der Waals surface area contributed by atoms with Gasteiger partial charge in [0.1, 0.15) is 5.75 Å². The fourth-order valence-corrected chi connectivity index (χ4v) is 2.79. The minimum Gasteiger partial charge on any atom is -0.406 e. The number of hydrogen-bond donors (Lipinski definition) is 0. The second kappa shape index (κ2) is 5.46. The van der Waals surface area contributed by atoms with Gasteiger partial charge in [0.15, 0.2) is 0 Å². The summed E-state index contributed by atoms with van der Waals surface area (Å²) in [5.41, 5.74) is 0.846. The maximum Gasteiger partial charge on any atom is 0.573 e. The molecule has 2 aromatic rings. The van der Waals surface area contributed by atoms with E-state index >= 15 is 0 Å². The molecule has 106 valence electrons. The predicted molar refractivity (Wildman–Crippen MR) is 70.6 cm³/mol. The lowest BCUT2D eigenvalue weighted by Crippen LogP contribution is -2.17. The highest BCUT2D eigenvalue weighted by atomic mass is 35.5. The molecule has 0 aliphatic rings. The molecule has 1 aromatic heterocycles. The van der Waals surface area contributed by atoms with Gasteiger partial charge in [-0.25, -0.2) is 0 Å². The Kier molecular flexibility index (Phi) is 4.06. The monoisotopic (exact) mass is 320 g/mol. The largest absolute Gasteiger partial charge is 0.573 e. The number of thiophene rings is 1. The van der Waals surface area contributed by atoms with E-state index in [1.165, 1.54) is 12.1 Å². The van der Waals surface area contributed by atoms with Crippen molar-refractivity contribution < 1.29 is 22.7 Å². The first-order chi connectivity index (χ1) is 9.28. The first-order valence-corrected chi connectivity index (χ1v) is 6.68. The smallest absolute Gasteiger partial charge is 0.406 e. The van der Waals surface area contributed by atoms with Crippen LogP contribution in [0.5, 0.6) is 5.75 Å². The lowest BCUT2D eigenvalue weighted by molar-refractivity contribution is -0.274. The fourth-order valence-electron chi connectivity index (χ4n) is 1.55. The summed E-state index contributed by atoms with van der Waals surface area (Å²) in [6.07, 6.45) is -4.79. The topological polar surface area (TPSA) is 26.3 Å². The van der Waals surface area contributed by atoms with Crippen molar-refractivity contribution in [1.29, 1.82) is 0 Å². The van der Waals surface area contributed by atoms with Crippen LogP contribution in [0.25, 0.3) is 0 Å². The first kappa shape index (κ1) is 14.9. The third-order valence-corrected chi connectivity index (χ3v) is 4.13. The van der Waals surface area contributed by atoms with E-state index in [-0.39, 0.29) is 5.56 Å². The molecule has 2 rings (SSSR count). The van der Waals surface area contributed by atoms with Gasteiger partial charge < -0.3 is 4.74 Å². The predicted octanol–water partition coefficient (Wildman–Crippen LogP) is 4.84. The minimum absolute atomic E-state index is 0.0931. The summed E-state index contributed by atoms with van der Waals surface area (Å²) in [5, 5.41) is 2.04. The van der Waals surface area contributed by atoms with Gasteiger partial charge in [-0.3, -0.25) is 4.79 Å². The molecule has 0 saturated carbocycles. The molecule has 1 heterocycles. The zero-order valence-corrected chi connectivity index (χ0v) is 11.7. The van der Waals surface area contributed by atoms with Crippen molar-refractivity contribution in [1.82, 2.24) is 0 Å². The third-order valence-electron chi connectivity index (χ3n) is 2.44. The number of rotatable bonds is 3. The maximum atomic E-state index is 12.2. The zero-order valence-electron chi connectivity index (χ0n) is 10.1. The second-order valence-corrected chi connectivity index (χ2v) is 5.22. The molecule has 0 bridgehead atoms. The Morgan fingerprint density at radius 1 is 1.35 bits per heavy atom. The van der Waals surface area contributed by atoms with Crippen LogP contribution >= 0.6 is 22.9 Å². The van der Waals surface area contributed by atoms with E-state index in [2.05, 4.69) is 4.74 Å². The average molecular weight is 321 g/mol. The van der Waals surface area contributed by atoms with Gasteiger partial charge in [-0.05, 0) is 30.0 Å². The van der Waals surface area contributed by atoms with Gasteiger partial charge >= 0.3 is 6.36 Å². The van der Waals surface area contributed by atoms with Crippen molar-refractivity contribution in [3.63, 3.8) is 0 Å². The first-order valence-electron chi connectivity index (χ1n) is 5.42. The molecule has 0 aliphatic carbocycles. The van der Waals surface area contributed by atoms with Crippen LogP contribution < -0.4 is 4.74 Å². The van der Waals surface area contributed by atoms with Gasteiger partial charge in [-0.1, -0.05) is 23.7 Å². The van der Waals surface area contributed by atoms with Gasteiger partial charge in [0.05, 0.1) is 9.90 Å². The summed E-state index contributed by atoms with van der Waals surface area (Å²) in [6.45, 7) is 1.75. The molecule has 2 nitrogen and oxygen atoms in total. The van der Waals surface area contributed by atoms with Gasteiger partial charge in [-0.15, -0.1) is 24.5 Å². The number of carbonyl (C=O) groups is 1. The lowest BCUT2D eigenvalue weighted by atomic mass is 10.1. The molecular weight excluding hydrogens is 313 g/mol. The summed E-state index contributed by atoms with van der Waals surface area (Å²) in [7, 11) is 0. The molecule has 0 fully saturated rings. The maximum absolute atomic E-state index is 12.2. The van der Waals surface area contributed by atoms with Crippen LogP contribution in [0.3, 0.4) is 0 Å². The Balaban J connectivity index is 2.32. The molecule has 0 amide bonds. The Bertz CT molecular complexity index is 649. The number of hydrogen-bond acceptors (Lipinski definition) is 3. The summed E-state index contributed by atoms with van der Waals surface area (Å²) >= 11 is 7.13. The van der Waals surface area contributed by atoms with Gasteiger partial charge in [0, 0.05) is 5.56 Å². The van der Waals surface area contributed by atoms with Crippen molar-refractivity contribution in [2.75, 3.05) is 0 Å². The van der Waals surface area contributed by atoms with Gasteiger partial charge in [0.25, 0.3) is 0 Å². The standard InChI is InChI=1S/C13H8ClF3O2S/c1-7-6-20-12(10(7)14)11(18)8-3-2-4-9(5-8)19-13(15,16)17/h2-6H,1H3. The van der Waals surface area contributed by atoms with Crippen LogP contribution in [0.1, 0.15) is 20.8 Å². The Hall–Kier alpha value is -1.53. The molecule has 0 aliphatic heterocycles. The molecule has 0 atom stereocenters. The van der Waals surface area contributed by atoms with Crippen molar-refractivity contribution in [2.45, 2.75) is 13.3 Å². The van der Waals surface area contributed by atoms with E-state index in [1.807, 2.05) is 0 Å². The fraction of sp³-hybridized carbons (Fsp3) is 0.154. The van der Waals surface area contributed by atoms with Crippen molar-refractivity contribution in [3.8, 4) is 5.75 Å². The zero-order chi connectivity index (χ0) is 14.9. The summed E-state index contributed by atoms with van der Waals surface area (Å²) in [4.78, 5) is 12.5. The molecule has 7 heteroatoms. The van der Waals surface area contributed by atoms with Crippen LogP contribution in [-0.2, 0) is 0 Å². The highest BCUT2D eigenvalue weighted by Crippen LogP contribution is 2.30. The number of carbonyl (C=O) groups excluding carboxylic acids is 1. The average Bonchev–Trinajstić information content (AvgIpc) is 2.67. The van der Waals surface area contributed by atoms with Crippen molar-refractivity contribution >= 4 is 28.7 Å². The summed E-state index contributed by atoms with van der Waals surface area (Å²) in [5.74, 6) is -0.867.